The van der Waals surface area contributed by atoms with Gasteiger partial charge in [-0.05, 0) is 19.3 Å². The molecule has 18 heavy (non-hydrogen) atoms. The lowest BCUT2D eigenvalue weighted by Crippen LogP contribution is -2.48. The largest absolute Gasteiger partial charge is 0.480 e. The van der Waals surface area contributed by atoms with Crippen LogP contribution in [0.5, 0.6) is 0 Å². The van der Waals surface area contributed by atoms with Gasteiger partial charge in [0.05, 0.1) is 0 Å². The van der Waals surface area contributed by atoms with Gasteiger partial charge in [-0.15, -0.1) is 0 Å². The zero-order valence-electron chi connectivity index (χ0n) is 11.3. The van der Waals surface area contributed by atoms with E-state index in [0.717, 1.165) is 0 Å². The lowest BCUT2D eigenvalue weighted by molar-refractivity contribution is -0.139. The molecule has 0 aromatic rings. The highest BCUT2D eigenvalue weighted by Gasteiger charge is 2.27. The molecule has 0 aromatic heterocycles. The molecule has 0 saturated carbocycles. The van der Waals surface area contributed by atoms with E-state index in [1.807, 2.05) is 20.8 Å². The Kier molecular flexibility index (Phi) is 8.13. The van der Waals surface area contributed by atoms with Crippen molar-refractivity contribution in [2.75, 3.05) is 13.1 Å². The lowest BCUT2D eigenvalue weighted by atomic mass is 10.2. The molecule has 7 heteroatoms. The summed E-state index contributed by atoms with van der Waals surface area (Å²) < 4.78 is 27.7. The maximum Gasteiger partial charge on any atom is 0.321 e. The minimum atomic E-state index is -3.71. The molecule has 0 aliphatic heterocycles. The quantitative estimate of drug-likeness (QED) is 0.629. The van der Waals surface area contributed by atoms with Gasteiger partial charge in [-0.1, -0.05) is 27.2 Å². The Balaban J connectivity index is 4.81. The van der Waals surface area contributed by atoms with Gasteiger partial charge < -0.3 is 5.11 Å². The van der Waals surface area contributed by atoms with Crippen molar-refractivity contribution in [1.29, 1.82) is 0 Å². The van der Waals surface area contributed by atoms with E-state index in [1.54, 1.807) is 0 Å². The number of hydrogen-bond acceptors (Lipinski definition) is 3. The van der Waals surface area contributed by atoms with Crippen molar-refractivity contribution in [3.8, 4) is 0 Å². The summed E-state index contributed by atoms with van der Waals surface area (Å²) >= 11 is 0. The van der Waals surface area contributed by atoms with Gasteiger partial charge in [-0.2, -0.15) is 17.4 Å². The molecule has 6 nitrogen and oxygen atoms in total. The van der Waals surface area contributed by atoms with Crippen LogP contribution in [0, 0.1) is 0 Å². The van der Waals surface area contributed by atoms with Crippen LogP contribution in [0.2, 0.25) is 0 Å². The summed E-state index contributed by atoms with van der Waals surface area (Å²) in [7, 11) is -3.71. The molecule has 2 N–H and O–H groups in total. The average molecular weight is 280 g/mol. The number of carbonyl (C=O) groups is 1. The van der Waals surface area contributed by atoms with Crippen LogP contribution in [0.15, 0.2) is 0 Å². The summed E-state index contributed by atoms with van der Waals surface area (Å²) in [5.74, 6) is -1.13. The van der Waals surface area contributed by atoms with Crippen LogP contribution in [0.4, 0.5) is 0 Å². The van der Waals surface area contributed by atoms with Gasteiger partial charge in [0, 0.05) is 13.1 Å². The minimum Gasteiger partial charge on any atom is -0.480 e. The number of hydrogen-bond donors (Lipinski definition) is 2. The third-order valence-electron chi connectivity index (χ3n) is 2.45. The second-order valence-corrected chi connectivity index (χ2v) is 5.90. The van der Waals surface area contributed by atoms with Crippen LogP contribution >= 0.6 is 0 Å². The second-order valence-electron chi connectivity index (χ2n) is 4.20. The molecule has 1 unspecified atom stereocenters. The molecule has 0 heterocycles. The van der Waals surface area contributed by atoms with E-state index < -0.39 is 22.2 Å². The molecule has 1 atom stereocenters. The molecule has 0 saturated heterocycles. The summed E-state index contributed by atoms with van der Waals surface area (Å²) in [5.41, 5.74) is 0. The average Bonchev–Trinajstić information content (AvgIpc) is 2.28. The van der Waals surface area contributed by atoms with Crippen molar-refractivity contribution in [2.45, 2.75) is 52.5 Å². The number of nitrogens with zero attached hydrogens (tertiary/aromatic N) is 1. The predicted octanol–water partition coefficient (Wildman–Crippen LogP) is 1.20. The first-order chi connectivity index (χ1) is 8.38. The first kappa shape index (κ1) is 17.3. The molecule has 108 valence electrons. The van der Waals surface area contributed by atoms with Crippen LogP contribution in [0.1, 0.15) is 46.5 Å². The Hall–Kier alpha value is -0.660. The number of carboxylic acid groups (broad SMARTS) is 1. The summed E-state index contributed by atoms with van der Waals surface area (Å²) in [5, 5.41) is 8.96. The first-order valence-corrected chi connectivity index (χ1v) is 7.83. The van der Waals surface area contributed by atoms with Crippen LogP contribution in [0.3, 0.4) is 0 Å². The van der Waals surface area contributed by atoms with Crippen LogP contribution in [-0.4, -0.2) is 42.9 Å². The van der Waals surface area contributed by atoms with Crippen LogP contribution in [0.25, 0.3) is 0 Å². The smallest absolute Gasteiger partial charge is 0.321 e. The van der Waals surface area contributed by atoms with Gasteiger partial charge in [0.1, 0.15) is 6.04 Å². The summed E-state index contributed by atoms with van der Waals surface area (Å²) in [6.45, 7) is 6.40. The maximum atomic E-state index is 12.1. The van der Waals surface area contributed by atoms with Gasteiger partial charge >= 0.3 is 5.97 Å². The molecule has 0 fully saturated rings. The zero-order valence-corrected chi connectivity index (χ0v) is 12.2. The van der Waals surface area contributed by atoms with E-state index in [-0.39, 0.29) is 0 Å². The predicted molar refractivity (Wildman–Crippen MR) is 70.5 cm³/mol. The second kappa shape index (κ2) is 8.44. The molecule has 0 spiro atoms. The topological polar surface area (TPSA) is 86.7 Å². The maximum absolute atomic E-state index is 12.1. The Morgan fingerprint density at radius 1 is 1.17 bits per heavy atom. The highest BCUT2D eigenvalue weighted by atomic mass is 32.2. The molecule has 0 rings (SSSR count). The van der Waals surface area contributed by atoms with Crippen LogP contribution in [-0.2, 0) is 15.0 Å². The van der Waals surface area contributed by atoms with Crippen molar-refractivity contribution in [2.24, 2.45) is 0 Å². The third kappa shape index (κ3) is 5.79. The Bertz CT molecular complexity index is 337. The molecular weight excluding hydrogens is 256 g/mol. The van der Waals surface area contributed by atoms with Gasteiger partial charge in [-0.3, -0.25) is 4.79 Å². The fourth-order valence-corrected chi connectivity index (χ4v) is 3.20. The molecule has 0 aliphatic carbocycles. The molecular formula is C11H24N2O4S. The van der Waals surface area contributed by atoms with E-state index >= 15 is 0 Å². The minimum absolute atomic E-state index is 0.292. The van der Waals surface area contributed by atoms with Gasteiger partial charge in [-0.25, -0.2) is 0 Å². The number of carboxylic acids is 1. The van der Waals surface area contributed by atoms with Crippen molar-refractivity contribution in [1.82, 2.24) is 9.03 Å². The number of aliphatic carboxylic acids is 1. The van der Waals surface area contributed by atoms with E-state index in [9.17, 15) is 13.2 Å². The van der Waals surface area contributed by atoms with E-state index in [2.05, 4.69) is 4.72 Å². The van der Waals surface area contributed by atoms with Crippen molar-refractivity contribution >= 4 is 16.2 Å². The molecule has 0 bridgehead atoms. The van der Waals surface area contributed by atoms with Gasteiger partial charge in [0.25, 0.3) is 10.2 Å². The standard InChI is InChI=1S/C11H24N2O4S/c1-4-7-10(11(14)15)12-18(16,17)13(8-5-2)9-6-3/h10,12H,4-9H2,1-3H3,(H,14,15). The SMILES string of the molecule is CCCC(NS(=O)(=O)N(CCC)CCC)C(=O)O. The monoisotopic (exact) mass is 280 g/mol. The summed E-state index contributed by atoms with van der Waals surface area (Å²) in [4.78, 5) is 11.0. The molecule has 0 radical (unpaired) electrons. The summed E-state index contributed by atoms with van der Waals surface area (Å²) in [6.07, 6.45) is 2.31. The van der Waals surface area contributed by atoms with E-state index in [4.69, 9.17) is 5.11 Å². The number of nitrogens with one attached hydrogen (secondary N) is 1. The Labute approximate surface area is 110 Å². The fraction of sp³-hybridized carbons (Fsp3) is 0.909. The Morgan fingerprint density at radius 3 is 2.00 bits per heavy atom. The zero-order chi connectivity index (χ0) is 14.2. The highest BCUT2D eigenvalue weighted by molar-refractivity contribution is 7.87. The summed E-state index contributed by atoms with van der Waals surface area (Å²) in [6, 6.07) is -1.05. The highest BCUT2D eigenvalue weighted by Crippen LogP contribution is 2.05. The fourth-order valence-electron chi connectivity index (χ4n) is 1.63. The normalized spacial score (nSPS) is 13.8. The van der Waals surface area contributed by atoms with E-state index in [1.165, 1.54) is 4.31 Å². The molecule has 0 aromatic carbocycles. The lowest BCUT2D eigenvalue weighted by Gasteiger charge is -2.23. The van der Waals surface area contributed by atoms with E-state index in [0.29, 0.717) is 38.8 Å². The van der Waals surface area contributed by atoms with Crippen molar-refractivity contribution < 1.29 is 18.3 Å². The van der Waals surface area contributed by atoms with Crippen molar-refractivity contribution in [3.05, 3.63) is 0 Å². The Morgan fingerprint density at radius 2 is 1.67 bits per heavy atom. The first-order valence-electron chi connectivity index (χ1n) is 6.39. The molecule has 0 aliphatic rings. The van der Waals surface area contributed by atoms with Gasteiger partial charge in [0.15, 0.2) is 0 Å². The third-order valence-corrected chi connectivity index (χ3v) is 4.08. The number of rotatable bonds is 10. The van der Waals surface area contributed by atoms with Gasteiger partial charge in [0.2, 0.25) is 0 Å². The van der Waals surface area contributed by atoms with Crippen LogP contribution < -0.4 is 4.72 Å². The van der Waals surface area contributed by atoms with Crippen molar-refractivity contribution in [3.63, 3.8) is 0 Å². The molecule has 0 amide bonds.